The number of esters is 1. The molecule has 1 aliphatic heterocycles. The van der Waals surface area contributed by atoms with Gasteiger partial charge in [0.1, 0.15) is 17.0 Å². The summed E-state index contributed by atoms with van der Waals surface area (Å²) in [5, 5.41) is 8.43. The van der Waals surface area contributed by atoms with Crippen molar-refractivity contribution in [2.75, 3.05) is 32.7 Å². The molecule has 4 aromatic heterocycles. The van der Waals surface area contributed by atoms with Crippen LogP contribution in [0.15, 0.2) is 36.8 Å². The lowest BCUT2D eigenvalue weighted by Gasteiger charge is -2.24. The van der Waals surface area contributed by atoms with Gasteiger partial charge in [-0.25, -0.2) is 14.8 Å². The zero-order valence-electron chi connectivity index (χ0n) is 16.8. The molecule has 154 valence electrons. The molecule has 0 saturated carbocycles. The van der Waals surface area contributed by atoms with Crippen LogP contribution in [-0.4, -0.2) is 57.5 Å². The fourth-order valence-electron chi connectivity index (χ4n) is 4.04. The molecule has 5 rings (SSSR count). The van der Waals surface area contributed by atoms with Crippen LogP contribution in [-0.2, 0) is 9.47 Å². The minimum atomic E-state index is -0.472. The van der Waals surface area contributed by atoms with Gasteiger partial charge in [0.05, 0.1) is 31.6 Å². The number of rotatable bonds is 4. The highest BCUT2D eigenvalue weighted by atomic mass is 16.5. The number of ether oxygens (including phenoxy) is 2. The first-order valence-electron chi connectivity index (χ1n) is 9.89. The summed E-state index contributed by atoms with van der Waals surface area (Å²) in [6, 6.07) is 6.12. The van der Waals surface area contributed by atoms with Crippen LogP contribution in [0.25, 0.3) is 27.9 Å². The molecule has 0 unspecified atom stereocenters. The smallest absolute Gasteiger partial charge is 0.343 e. The van der Waals surface area contributed by atoms with Crippen LogP contribution in [0.4, 0.5) is 5.82 Å². The second-order valence-corrected chi connectivity index (χ2v) is 7.26. The van der Waals surface area contributed by atoms with Gasteiger partial charge in [-0.2, -0.15) is 9.61 Å². The average Bonchev–Trinajstić information content (AvgIpc) is 3.40. The van der Waals surface area contributed by atoms with E-state index < -0.39 is 5.97 Å². The summed E-state index contributed by atoms with van der Waals surface area (Å²) < 4.78 is 14.4. The first kappa shape index (κ1) is 18.6. The van der Waals surface area contributed by atoms with Crippen molar-refractivity contribution in [1.29, 1.82) is 0 Å². The quantitative estimate of drug-likeness (QED) is 0.521. The molecule has 0 bridgehead atoms. The number of aromatic nitrogens is 5. The van der Waals surface area contributed by atoms with Gasteiger partial charge < -0.3 is 19.4 Å². The van der Waals surface area contributed by atoms with E-state index in [0.29, 0.717) is 17.8 Å². The fourth-order valence-corrected chi connectivity index (χ4v) is 4.04. The van der Waals surface area contributed by atoms with Gasteiger partial charge in [0.15, 0.2) is 5.65 Å². The number of hydrogen-bond acceptors (Lipinski definition) is 7. The van der Waals surface area contributed by atoms with Crippen LogP contribution in [0.3, 0.4) is 0 Å². The van der Waals surface area contributed by atoms with Crippen molar-refractivity contribution in [3.05, 3.63) is 42.4 Å². The Morgan fingerprint density at radius 3 is 3.03 bits per heavy atom. The maximum absolute atomic E-state index is 12.2. The normalized spacial score (nSPS) is 16.8. The van der Waals surface area contributed by atoms with E-state index >= 15 is 0 Å². The van der Waals surface area contributed by atoms with Crippen LogP contribution in [0.2, 0.25) is 0 Å². The van der Waals surface area contributed by atoms with Gasteiger partial charge in [-0.05, 0) is 25.0 Å². The molecular formula is C21H22N6O3. The standard InChI is InChI=1S/C21H22N6O3/c1-22-18-9-17(25-20-15(21(28)29-2)10-24-27(18)20)16-11-26(13-5-4-8-30-12-13)19-14(16)6-3-7-23-19/h3,6-7,9-11,13,22H,4-5,8,12H2,1-2H3/t13-/m1/s1. The van der Waals surface area contributed by atoms with Crippen molar-refractivity contribution in [3.63, 3.8) is 0 Å². The van der Waals surface area contributed by atoms with Crippen LogP contribution in [0.5, 0.6) is 0 Å². The SMILES string of the molecule is CNc1cc(-c2cn([C@@H]3CCCOC3)c3ncccc23)nc2c(C(=O)OC)cnn12. The van der Waals surface area contributed by atoms with Crippen molar-refractivity contribution in [3.8, 4) is 11.3 Å². The molecule has 9 nitrogen and oxygen atoms in total. The molecule has 30 heavy (non-hydrogen) atoms. The number of nitrogens with one attached hydrogen (secondary N) is 1. The Kier molecular flexibility index (Phi) is 4.59. The molecule has 0 radical (unpaired) electrons. The topological polar surface area (TPSA) is 95.6 Å². The van der Waals surface area contributed by atoms with E-state index in [0.717, 1.165) is 47.6 Å². The zero-order chi connectivity index (χ0) is 20.7. The minimum absolute atomic E-state index is 0.234. The zero-order valence-corrected chi connectivity index (χ0v) is 16.8. The van der Waals surface area contributed by atoms with E-state index in [1.807, 2.05) is 25.2 Å². The fraction of sp³-hybridized carbons (Fsp3) is 0.333. The monoisotopic (exact) mass is 406 g/mol. The van der Waals surface area contributed by atoms with Gasteiger partial charge >= 0.3 is 5.97 Å². The number of carbonyl (C=O) groups excluding carboxylic acids is 1. The third kappa shape index (κ3) is 2.89. The lowest BCUT2D eigenvalue weighted by molar-refractivity contribution is 0.0601. The molecule has 1 fully saturated rings. The van der Waals surface area contributed by atoms with E-state index in [2.05, 4.69) is 26.2 Å². The number of nitrogens with zero attached hydrogens (tertiary/aromatic N) is 5. The third-order valence-corrected chi connectivity index (χ3v) is 5.53. The Balaban J connectivity index is 1.73. The highest BCUT2D eigenvalue weighted by molar-refractivity contribution is 5.97. The Morgan fingerprint density at radius 1 is 1.37 bits per heavy atom. The van der Waals surface area contributed by atoms with Gasteiger partial charge in [0.2, 0.25) is 0 Å². The van der Waals surface area contributed by atoms with Crippen LogP contribution < -0.4 is 5.32 Å². The van der Waals surface area contributed by atoms with E-state index in [4.69, 9.17) is 14.5 Å². The summed E-state index contributed by atoms with van der Waals surface area (Å²) in [4.78, 5) is 21.6. The third-order valence-electron chi connectivity index (χ3n) is 5.53. The summed E-state index contributed by atoms with van der Waals surface area (Å²) in [6.45, 7) is 1.47. The molecule has 0 aromatic carbocycles. The molecule has 1 N–H and O–H groups in total. The number of hydrogen-bond donors (Lipinski definition) is 1. The molecule has 0 aliphatic carbocycles. The Labute approximate surface area is 172 Å². The van der Waals surface area contributed by atoms with E-state index in [1.54, 1.807) is 10.7 Å². The summed E-state index contributed by atoms with van der Waals surface area (Å²) in [5.41, 5.74) is 3.33. The summed E-state index contributed by atoms with van der Waals surface area (Å²) in [7, 11) is 3.16. The lowest BCUT2D eigenvalue weighted by atomic mass is 10.1. The molecule has 5 heterocycles. The van der Waals surface area contributed by atoms with Gasteiger partial charge in [-0.1, -0.05) is 0 Å². The number of methoxy groups -OCH3 is 1. The molecule has 4 aromatic rings. The van der Waals surface area contributed by atoms with Crippen molar-refractivity contribution in [2.24, 2.45) is 0 Å². The van der Waals surface area contributed by atoms with Crippen molar-refractivity contribution in [1.82, 2.24) is 24.1 Å². The Morgan fingerprint density at radius 2 is 2.27 bits per heavy atom. The summed E-state index contributed by atoms with van der Waals surface area (Å²) in [5.74, 6) is 0.246. The van der Waals surface area contributed by atoms with Gasteiger partial charge in [-0.3, -0.25) is 0 Å². The average molecular weight is 406 g/mol. The largest absolute Gasteiger partial charge is 0.465 e. The van der Waals surface area contributed by atoms with Gasteiger partial charge in [-0.15, -0.1) is 0 Å². The van der Waals surface area contributed by atoms with Gasteiger partial charge in [0, 0.05) is 43.1 Å². The molecule has 9 heteroatoms. The number of fused-ring (bicyclic) bond motifs is 2. The molecule has 1 atom stereocenters. The predicted octanol–water partition coefficient (Wildman–Crippen LogP) is 2.93. The van der Waals surface area contributed by atoms with Crippen LogP contribution in [0.1, 0.15) is 29.2 Å². The molecule has 1 aliphatic rings. The first-order chi connectivity index (χ1) is 14.7. The highest BCUT2D eigenvalue weighted by Crippen LogP contribution is 2.34. The van der Waals surface area contributed by atoms with Gasteiger partial charge in [0.25, 0.3) is 0 Å². The van der Waals surface area contributed by atoms with Crippen molar-refractivity contribution >= 4 is 28.5 Å². The Bertz CT molecular complexity index is 1240. The Hall–Kier alpha value is -3.46. The number of carbonyl (C=O) groups is 1. The second-order valence-electron chi connectivity index (χ2n) is 7.26. The molecule has 1 saturated heterocycles. The van der Waals surface area contributed by atoms with E-state index in [9.17, 15) is 4.79 Å². The summed E-state index contributed by atoms with van der Waals surface area (Å²) >= 11 is 0. The molecule has 0 spiro atoms. The van der Waals surface area contributed by atoms with Crippen LogP contribution in [0, 0.1) is 0 Å². The van der Waals surface area contributed by atoms with Crippen molar-refractivity contribution < 1.29 is 14.3 Å². The van der Waals surface area contributed by atoms with E-state index in [1.165, 1.54) is 13.3 Å². The maximum Gasteiger partial charge on any atom is 0.343 e. The first-order valence-corrected chi connectivity index (χ1v) is 9.89. The minimum Gasteiger partial charge on any atom is -0.465 e. The second kappa shape index (κ2) is 7.42. The van der Waals surface area contributed by atoms with Crippen LogP contribution >= 0.6 is 0 Å². The number of pyridine rings is 1. The predicted molar refractivity (Wildman–Crippen MR) is 112 cm³/mol. The molecular weight excluding hydrogens is 384 g/mol. The lowest BCUT2D eigenvalue weighted by Crippen LogP contribution is -2.20. The molecule has 0 amide bonds. The highest BCUT2D eigenvalue weighted by Gasteiger charge is 2.23. The van der Waals surface area contributed by atoms with E-state index in [-0.39, 0.29) is 6.04 Å². The van der Waals surface area contributed by atoms with Crippen molar-refractivity contribution in [2.45, 2.75) is 18.9 Å². The number of anilines is 1. The summed E-state index contributed by atoms with van der Waals surface area (Å²) in [6.07, 6.45) is 7.43. The maximum atomic E-state index is 12.2.